The standard InChI is InChI=1S/C23H20F2N4O3S/c1-3-8-33(31,32)29-21-19(24)7-6-16(20(21)25)22(30)18-12-28-23-17(18)9-15(11-27-23)14-5-4-13(2)26-10-14/h4-7,9-12,29H,3,8H2,1-2H3,(H,27,28). The van der Waals surface area contributed by atoms with Crippen molar-refractivity contribution in [1.29, 1.82) is 0 Å². The maximum atomic E-state index is 15.1. The summed E-state index contributed by atoms with van der Waals surface area (Å²) in [4.78, 5) is 24.6. The molecule has 7 nitrogen and oxygen atoms in total. The number of nitrogens with one attached hydrogen (secondary N) is 2. The molecule has 0 atom stereocenters. The molecular weight excluding hydrogens is 450 g/mol. The predicted octanol–water partition coefficient (Wildman–Crippen LogP) is 4.59. The second kappa shape index (κ2) is 8.70. The predicted molar refractivity (Wildman–Crippen MR) is 122 cm³/mol. The van der Waals surface area contributed by atoms with E-state index in [1.54, 1.807) is 25.4 Å². The summed E-state index contributed by atoms with van der Waals surface area (Å²) in [6.45, 7) is 3.49. The van der Waals surface area contributed by atoms with Crippen LogP contribution in [-0.4, -0.2) is 34.9 Å². The van der Waals surface area contributed by atoms with Crippen molar-refractivity contribution in [2.75, 3.05) is 10.5 Å². The SMILES string of the molecule is CCCS(=O)(=O)Nc1c(F)ccc(C(=O)c2c[nH]c3ncc(-c4ccc(C)nc4)cc23)c1F. The minimum absolute atomic E-state index is 0.118. The number of aromatic amines is 1. The van der Waals surface area contributed by atoms with Gasteiger partial charge in [0.15, 0.2) is 11.6 Å². The highest BCUT2D eigenvalue weighted by molar-refractivity contribution is 7.92. The van der Waals surface area contributed by atoms with Crippen LogP contribution in [0.4, 0.5) is 14.5 Å². The lowest BCUT2D eigenvalue weighted by Crippen LogP contribution is -2.19. The van der Waals surface area contributed by atoms with Crippen molar-refractivity contribution in [3.8, 4) is 11.1 Å². The Bertz CT molecular complexity index is 1470. The van der Waals surface area contributed by atoms with Gasteiger partial charge in [0, 0.05) is 46.4 Å². The number of ketones is 1. The van der Waals surface area contributed by atoms with Crippen molar-refractivity contribution >= 4 is 32.5 Å². The molecule has 4 aromatic rings. The zero-order valence-corrected chi connectivity index (χ0v) is 18.6. The zero-order chi connectivity index (χ0) is 23.8. The number of hydrogen-bond acceptors (Lipinski definition) is 5. The number of sulfonamides is 1. The molecule has 0 amide bonds. The zero-order valence-electron chi connectivity index (χ0n) is 17.8. The molecule has 3 aromatic heterocycles. The number of anilines is 1. The van der Waals surface area contributed by atoms with Gasteiger partial charge in [-0.05, 0) is 37.6 Å². The third-order valence-electron chi connectivity index (χ3n) is 5.09. The summed E-state index contributed by atoms with van der Waals surface area (Å²) in [6.07, 6.45) is 4.96. The van der Waals surface area contributed by atoms with Crippen molar-refractivity contribution < 1.29 is 22.0 Å². The molecule has 1 aromatic carbocycles. The molecule has 0 radical (unpaired) electrons. The summed E-state index contributed by atoms with van der Waals surface area (Å²) in [5.74, 6) is -3.44. The van der Waals surface area contributed by atoms with E-state index in [1.807, 2.05) is 23.8 Å². The van der Waals surface area contributed by atoms with E-state index >= 15 is 4.39 Å². The molecule has 0 aliphatic carbocycles. The third kappa shape index (κ3) is 4.47. The van der Waals surface area contributed by atoms with E-state index in [9.17, 15) is 17.6 Å². The Morgan fingerprint density at radius 1 is 1.06 bits per heavy atom. The highest BCUT2D eigenvalue weighted by Crippen LogP contribution is 2.29. The summed E-state index contributed by atoms with van der Waals surface area (Å²) in [5.41, 5.74) is 1.53. The Morgan fingerprint density at radius 2 is 1.82 bits per heavy atom. The minimum Gasteiger partial charge on any atom is -0.345 e. The van der Waals surface area contributed by atoms with Crippen LogP contribution in [0.1, 0.15) is 35.0 Å². The van der Waals surface area contributed by atoms with Gasteiger partial charge in [0.25, 0.3) is 0 Å². The summed E-state index contributed by atoms with van der Waals surface area (Å²) in [5, 5.41) is 0.440. The van der Waals surface area contributed by atoms with Gasteiger partial charge in [-0.2, -0.15) is 0 Å². The number of rotatable bonds is 7. The topological polar surface area (TPSA) is 105 Å². The maximum absolute atomic E-state index is 15.1. The fourth-order valence-electron chi connectivity index (χ4n) is 3.43. The van der Waals surface area contributed by atoms with Crippen molar-refractivity contribution in [2.24, 2.45) is 0 Å². The minimum atomic E-state index is -3.96. The number of benzene rings is 1. The van der Waals surface area contributed by atoms with Gasteiger partial charge in [-0.25, -0.2) is 22.2 Å². The van der Waals surface area contributed by atoms with E-state index in [0.717, 1.165) is 23.4 Å². The van der Waals surface area contributed by atoms with E-state index in [2.05, 4.69) is 15.0 Å². The molecular formula is C23H20F2N4O3S. The quantitative estimate of drug-likeness (QED) is 0.384. The highest BCUT2D eigenvalue weighted by Gasteiger charge is 2.24. The number of aromatic nitrogens is 3. The van der Waals surface area contributed by atoms with Crippen molar-refractivity contribution in [3.63, 3.8) is 0 Å². The van der Waals surface area contributed by atoms with Crippen LogP contribution in [0, 0.1) is 18.6 Å². The van der Waals surface area contributed by atoms with Crippen LogP contribution in [0.5, 0.6) is 0 Å². The first-order valence-electron chi connectivity index (χ1n) is 10.1. The summed E-state index contributed by atoms with van der Waals surface area (Å²) in [7, 11) is -3.96. The van der Waals surface area contributed by atoms with E-state index < -0.39 is 38.7 Å². The second-order valence-electron chi connectivity index (χ2n) is 7.54. The van der Waals surface area contributed by atoms with Gasteiger partial charge in [0.1, 0.15) is 17.2 Å². The van der Waals surface area contributed by atoms with Crippen LogP contribution >= 0.6 is 0 Å². The van der Waals surface area contributed by atoms with Gasteiger partial charge in [0.05, 0.1) is 11.3 Å². The largest absolute Gasteiger partial charge is 0.345 e. The number of hydrogen-bond donors (Lipinski definition) is 2. The molecule has 3 heterocycles. The molecule has 0 saturated heterocycles. The van der Waals surface area contributed by atoms with Crippen LogP contribution in [0.15, 0.2) is 48.9 Å². The molecule has 2 N–H and O–H groups in total. The first kappa shape index (κ1) is 22.5. The lowest BCUT2D eigenvalue weighted by molar-refractivity contribution is 0.103. The smallest absolute Gasteiger partial charge is 0.232 e. The van der Waals surface area contributed by atoms with Gasteiger partial charge >= 0.3 is 0 Å². The van der Waals surface area contributed by atoms with Crippen LogP contribution in [0.2, 0.25) is 0 Å². The van der Waals surface area contributed by atoms with E-state index in [0.29, 0.717) is 16.6 Å². The van der Waals surface area contributed by atoms with Crippen molar-refractivity contribution in [3.05, 3.63) is 77.4 Å². The maximum Gasteiger partial charge on any atom is 0.232 e. The molecule has 170 valence electrons. The van der Waals surface area contributed by atoms with Gasteiger partial charge in [0.2, 0.25) is 10.0 Å². The summed E-state index contributed by atoms with van der Waals surface area (Å²) >= 11 is 0. The fourth-order valence-corrected chi connectivity index (χ4v) is 4.57. The molecule has 0 saturated carbocycles. The molecule has 0 aliphatic rings. The molecule has 33 heavy (non-hydrogen) atoms. The normalized spacial score (nSPS) is 11.6. The Morgan fingerprint density at radius 3 is 2.52 bits per heavy atom. The van der Waals surface area contributed by atoms with Crippen LogP contribution in [0.3, 0.4) is 0 Å². The molecule has 4 rings (SSSR count). The Kier molecular flexibility index (Phi) is 5.94. The number of halogens is 2. The average molecular weight is 471 g/mol. The number of fused-ring (bicyclic) bond motifs is 1. The number of carbonyl (C=O) groups is 1. The summed E-state index contributed by atoms with van der Waals surface area (Å²) < 4.78 is 55.3. The molecule has 10 heteroatoms. The molecule has 0 fully saturated rings. The van der Waals surface area contributed by atoms with Crippen molar-refractivity contribution in [2.45, 2.75) is 20.3 Å². The number of H-pyrrole nitrogens is 1. The number of carbonyl (C=O) groups excluding carboxylic acids is 1. The Labute approximate surface area is 189 Å². The van der Waals surface area contributed by atoms with E-state index in [1.165, 1.54) is 6.20 Å². The fraction of sp³-hybridized carbons (Fsp3) is 0.174. The van der Waals surface area contributed by atoms with Gasteiger partial charge in [-0.1, -0.05) is 13.0 Å². The monoisotopic (exact) mass is 470 g/mol. The second-order valence-corrected chi connectivity index (χ2v) is 9.39. The van der Waals surface area contributed by atoms with Gasteiger partial charge in [-0.3, -0.25) is 14.5 Å². The van der Waals surface area contributed by atoms with Crippen LogP contribution < -0.4 is 4.72 Å². The van der Waals surface area contributed by atoms with E-state index in [-0.39, 0.29) is 17.7 Å². The number of pyridine rings is 2. The first-order valence-corrected chi connectivity index (χ1v) is 11.8. The van der Waals surface area contributed by atoms with Crippen LogP contribution in [-0.2, 0) is 10.0 Å². The van der Waals surface area contributed by atoms with Gasteiger partial charge < -0.3 is 4.98 Å². The average Bonchev–Trinajstić information content (AvgIpc) is 3.20. The van der Waals surface area contributed by atoms with Crippen molar-refractivity contribution in [1.82, 2.24) is 15.0 Å². The first-order chi connectivity index (χ1) is 15.7. The molecule has 0 unspecified atom stereocenters. The Balaban J connectivity index is 1.77. The Hall–Kier alpha value is -3.66. The highest BCUT2D eigenvalue weighted by atomic mass is 32.2. The third-order valence-corrected chi connectivity index (χ3v) is 6.55. The van der Waals surface area contributed by atoms with Gasteiger partial charge in [-0.15, -0.1) is 0 Å². The van der Waals surface area contributed by atoms with E-state index in [4.69, 9.17) is 0 Å². The molecule has 0 spiro atoms. The molecule has 0 aliphatic heterocycles. The van der Waals surface area contributed by atoms with Crippen LogP contribution in [0.25, 0.3) is 22.2 Å². The molecule has 0 bridgehead atoms. The number of nitrogens with zero attached hydrogens (tertiary/aromatic N) is 2. The lowest BCUT2D eigenvalue weighted by Gasteiger charge is -2.11. The number of aryl methyl sites for hydroxylation is 1. The lowest BCUT2D eigenvalue weighted by atomic mass is 10.0. The summed E-state index contributed by atoms with van der Waals surface area (Å²) in [6, 6.07) is 7.29.